The number of carboxylic acids is 1. The summed E-state index contributed by atoms with van der Waals surface area (Å²) < 4.78 is 0. The highest BCUT2D eigenvalue weighted by Crippen LogP contribution is 2.11. The van der Waals surface area contributed by atoms with Crippen molar-refractivity contribution in [2.45, 2.75) is 84.0 Å². The summed E-state index contributed by atoms with van der Waals surface area (Å²) in [6.07, 6.45) is 30.7. The Bertz CT molecular complexity index is 424. The van der Waals surface area contributed by atoms with Crippen LogP contribution in [0.25, 0.3) is 0 Å². The van der Waals surface area contributed by atoms with Crippen molar-refractivity contribution < 1.29 is 15.0 Å². The van der Waals surface area contributed by atoms with Crippen LogP contribution in [0.2, 0.25) is 0 Å². The maximum absolute atomic E-state index is 10.2. The van der Waals surface area contributed by atoms with Gasteiger partial charge in [-0.15, -0.1) is 0 Å². The van der Waals surface area contributed by atoms with E-state index in [0.29, 0.717) is 6.54 Å². The average Bonchev–Trinajstić information content (AvgIpc) is 2.69. The van der Waals surface area contributed by atoms with Crippen LogP contribution in [0.15, 0.2) is 48.6 Å². The predicted octanol–water partition coefficient (Wildman–Crippen LogP) is 5.93. The first-order valence-electron chi connectivity index (χ1n) is 10.9. The minimum Gasteiger partial charge on any atom is -0.478 e. The molecule has 4 nitrogen and oxygen atoms in total. The monoisotopic (exact) mass is 393 g/mol. The Kier molecular flexibility index (Phi) is 28.1. The number of aliphatic hydroxyl groups excluding tert-OH is 1. The van der Waals surface area contributed by atoms with Crippen molar-refractivity contribution in [3.05, 3.63) is 48.6 Å². The minimum absolute atomic E-state index is 0.0972. The summed E-state index contributed by atoms with van der Waals surface area (Å²) in [7, 11) is 0. The van der Waals surface area contributed by atoms with Gasteiger partial charge in [0.05, 0.1) is 6.61 Å². The van der Waals surface area contributed by atoms with Crippen LogP contribution in [0.1, 0.15) is 84.0 Å². The fourth-order valence-corrected chi connectivity index (χ4v) is 2.50. The first-order valence-corrected chi connectivity index (χ1v) is 10.9. The second-order valence-corrected chi connectivity index (χ2v) is 6.73. The Balaban J connectivity index is 0. The fourth-order valence-electron chi connectivity index (χ4n) is 2.50. The molecule has 0 unspecified atom stereocenters. The molecule has 4 N–H and O–H groups in total. The van der Waals surface area contributed by atoms with Gasteiger partial charge < -0.3 is 15.9 Å². The zero-order chi connectivity index (χ0) is 21.1. The van der Waals surface area contributed by atoms with Gasteiger partial charge in [0, 0.05) is 12.6 Å². The molecule has 4 heteroatoms. The Morgan fingerprint density at radius 2 is 1.18 bits per heavy atom. The van der Waals surface area contributed by atoms with Gasteiger partial charge in [-0.25, -0.2) is 4.79 Å². The van der Waals surface area contributed by atoms with Crippen molar-refractivity contribution in [3.8, 4) is 0 Å². The molecular formula is C24H43NO3. The van der Waals surface area contributed by atoms with Crippen LogP contribution < -0.4 is 5.73 Å². The van der Waals surface area contributed by atoms with E-state index >= 15 is 0 Å². The number of carbonyl (C=O) groups is 1. The Labute approximate surface area is 172 Å². The largest absolute Gasteiger partial charge is 0.478 e. The maximum atomic E-state index is 10.2. The quantitative estimate of drug-likeness (QED) is 0.162. The fraction of sp³-hybridized carbons (Fsp3) is 0.625. The molecule has 0 saturated carbocycles. The summed E-state index contributed by atoms with van der Waals surface area (Å²) in [5, 5.41) is 16.2. The minimum atomic E-state index is -0.921. The molecule has 0 aliphatic rings. The zero-order valence-electron chi connectivity index (χ0n) is 17.9. The van der Waals surface area contributed by atoms with Crippen molar-refractivity contribution in [1.82, 2.24) is 0 Å². The molecule has 0 heterocycles. The molecule has 0 aliphatic heterocycles. The van der Waals surface area contributed by atoms with Crippen LogP contribution in [-0.4, -0.2) is 29.3 Å². The van der Waals surface area contributed by atoms with E-state index in [1.165, 1.54) is 76.7 Å². The summed E-state index contributed by atoms with van der Waals surface area (Å²) in [4.78, 5) is 10.2. The van der Waals surface area contributed by atoms with Gasteiger partial charge in [-0.3, -0.25) is 0 Å². The van der Waals surface area contributed by atoms with E-state index in [1.54, 1.807) is 6.08 Å². The molecule has 0 aromatic rings. The lowest BCUT2D eigenvalue weighted by Crippen LogP contribution is -2.02. The van der Waals surface area contributed by atoms with Crippen LogP contribution in [-0.2, 0) is 4.79 Å². The molecule has 0 radical (unpaired) electrons. The van der Waals surface area contributed by atoms with Gasteiger partial charge in [-0.1, -0.05) is 114 Å². The molecule has 0 aromatic carbocycles. The van der Waals surface area contributed by atoms with Crippen molar-refractivity contribution in [1.29, 1.82) is 0 Å². The van der Waals surface area contributed by atoms with Crippen LogP contribution in [0.4, 0.5) is 0 Å². The Morgan fingerprint density at radius 1 is 0.750 bits per heavy atom. The molecule has 0 bridgehead atoms. The molecule has 0 fully saturated rings. The SMILES string of the molecule is CCCCCCCCCCCCCC=CC=CC=CC=CC(=O)O.NCCO. The number of carboxylic acid groups (broad SMARTS) is 1. The number of nitrogens with two attached hydrogens (primary N) is 1. The van der Waals surface area contributed by atoms with E-state index in [1.807, 2.05) is 18.2 Å². The van der Waals surface area contributed by atoms with Crippen molar-refractivity contribution in [2.24, 2.45) is 5.73 Å². The third kappa shape index (κ3) is 32.1. The number of hydrogen-bond acceptors (Lipinski definition) is 3. The lowest BCUT2D eigenvalue weighted by molar-refractivity contribution is -0.131. The molecule has 0 saturated heterocycles. The van der Waals surface area contributed by atoms with Gasteiger partial charge in [0.1, 0.15) is 0 Å². The van der Waals surface area contributed by atoms with Gasteiger partial charge in [0.15, 0.2) is 0 Å². The smallest absolute Gasteiger partial charge is 0.328 e. The summed E-state index contributed by atoms with van der Waals surface area (Å²) in [5.74, 6) is -0.921. The van der Waals surface area contributed by atoms with E-state index in [2.05, 4.69) is 19.1 Å². The molecule has 0 amide bonds. The second kappa shape index (κ2) is 27.6. The Morgan fingerprint density at radius 3 is 1.64 bits per heavy atom. The topological polar surface area (TPSA) is 83.5 Å². The van der Waals surface area contributed by atoms with E-state index in [4.69, 9.17) is 15.9 Å². The normalized spacial score (nSPS) is 11.7. The van der Waals surface area contributed by atoms with E-state index in [0.717, 1.165) is 12.5 Å². The highest BCUT2D eigenvalue weighted by atomic mass is 16.4. The first-order chi connectivity index (χ1) is 13.7. The van der Waals surface area contributed by atoms with Crippen molar-refractivity contribution in [3.63, 3.8) is 0 Å². The number of rotatable bonds is 17. The van der Waals surface area contributed by atoms with Gasteiger partial charge >= 0.3 is 5.97 Å². The molecule has 162 valence electrons. The molecule has 28 heavy (non-hydrogen) atoms. The van der Waals surface area contributed by atoms with E-state index < -0.39 is 5.97 Å². The van der Waals surface area contributed by atoms with Crippen LogP contribution >= 0.6 is 0 Å². The summed E-state index contributed by atoms with van der Waals surface area (Å²) in [6.45, 7) is 2.74. The Hall–Kier alpha value is -1.65. The highest BCUT2D eigenvalue weighted by Gasteiger charge is 1.92. The molecule has 0 aromatic heterocycles. The van der Waals surface area contributed by atoms with Crippen LogP contribution in [0.5, 0.6) is 0 Å². The van der Waals surface area contributed by atoms with Crippen LogP contribution in [0.3, 0.4) is 0 Å². The standard InChI is InChI=1S/C22H36O2.C2H7NO/c1-2-3-4-5-6-7-8-9-10-11-12-13-14-15-16-17-18-19-20-21-22(23)24;3-1-2-4/h14-21H,2-13H2,1H3,(H,23,24);4H,1-3H2. The summed E-state index contributed by atoms with van der Waals surface area (Å²) in [5.41, 5.74) is 4.78. The highest BCUT2D eigenvalue weighted by molar-refractivity contribution is 5.80. The molecule has 0 aliphatic carbocycles. The van der Waals surface area contributed by atoms with Crippen molar-refractivity contribution >= 4 is 5.97 Å². The first kappa shape index (κ1) is 28.6. The number of aliphatic hydroxyl groups is 1. The third-order valence-corrected chi connectivity index (χ3v) is 4.03. The summed E-state index contributed by atoms with van der Waals surface area (Å²) in [6, 6.07) is 0. The van der Waals surface area contributed by atoms with Crippen molar-refractivity contribution in [2.75, 3.05) is 13.2 Å². The van der Waals surface area contributed by atoms with E-state index in [-0.39, 0.29) is 6.61 Å². The van der Waals surface area contributed by atoms with E-state index in [9.17, 15) is 4.79 Å². The number of aliphatic carboxylic acids is 1. The second-order valence-electron chi connectivity index (χ2n) is 6.73. The lowest BCUT2D eigenvalue weighted by atomic mass is 10.1. The molecule has 0 spiro atoms. The zero-order valence-corrected chi connectivity index (χ0v) is 17.9. The third-order valence-electron chi connectivity index (χ3n) is 4.03. The van der Waals surface area contributed by atoms with Gasteiger partial charge in [-0.05, 0) is 12.8 Å². The van der Waals surface area contributed by atoms with Gasteiger partial charge in [-0.2, -0.15) is 0 Å². The van der Waals surface area contributed by atoms with Gasteiger partial charge in [0.2, 0.25) is 0 Å². The number of unbranched alkanes of at least 4 members (excludes halogenated alkanes) is 11. The average molecular weight is 394 g/mol. The number of hydrogen-bond donors (Lipinski definition) is 3. The molecular weight excluding hydrogens is 350 g/mol. The lowest BCUT2D eigenvalue weighted by Gasteiger charge is -2.01. The predicted molar refractivity (Wildman–Crippen MR) is 121 cm³/mol. The number of allylic oxidation sites excluding steroid dienone is 7. The van der Waals surface area contributed by atoms with Crippen LogP contribution in [0, 0.1) is 0 Å². The maximum Gasteiger partial charge on any atom is 0.328 e. The molecule has 0 atom stereocenters. The summed E-state index contributed by atoms with van der Waals surface area (Å²) >= 11 is 0. The molecule has 0 rings (SSSR count). The van der Waals surface area contributed by atoms with Gasteiger partial charge in [0.25, 0.3) is 0 Å².